The average Bonchev–Trinajstić information content (AvgIpc) is 3.04. The van der Waals surface area contributed by atoms with Crippen molar-refractivity contribution in [2.24, 2.45) is 0 Å². The molecule has 2 heterocycles. The normalized spacial score (nSPS) is 13.9. The zero-order valence-corrected chi connectivity index (χ0v) is 19.8. The topological polar surface area (TPSA) is 106 Å². The lowest BCUT2D eigenvalue weighted by Gasteiger charge is -2.10. The quantitative estimate of drug-likeness (QED) is 0.552. The summed E-state index contributed by atoms with van der Waals surface area (Å²) in [6.07, 6.45) is 4.37. The predicted octanol–water partition coefficient (Wildman–Crippen LogP) is 3.60. The van der Waals surface area contributed by atoms with E-state index in [1.54, 1.807) is 24.3 Å². The fraction of sp³-hybridized carbons (Fsp3) is 0.375. The zero-order valence-electron chi connectivity index (χ0n) is 19.0. The summed E-state index contributed by atoms with van der Waals surface area (Å²) in [5, 5.41) is 11.6. The number of rotatable bonds is 7. The van der Waals surface area contributed by atoms with Crippen molar-refractivity contribution in [1.29, 1.82) is 0 Å². The molecule has 1 aliphatic heterocycles. The summed E-state index contributed by atoms with van der Waals surface area (Å²) in [6.45, 7) is 4.71. The second-order valence-corrected chi connectivity index (χ2v) is 10.2. The summed E-state index contributed by atoms with van der Waals surface area (Å²) in [5.74, 6) is 1.55. The number of amides is 1. The molecule has 3 aromatic rings. The Morgan fingerprint density at radius 2 is 1.88 bits per heavy atom. The Hall–Kier alpha value is -3.04. The Labute approximate surface area is 194 Å². The smallest absolute Gasteiger partial charge is 0.240 e. The van der Waals surface area contributed by atoms with E-state index in [4.69, 9.17) is 0 Å². The van der Waals surface area contributed by atoms with Gasteiger partial charge in [-0.05, 0) is 62.1 Å². The molecule has 8 nitrogen and oxygen atoms in total. The molecule has 2 aromatic carbocycles. The maximum absolute atomic E-state index is 12.5. The number of sulfonamides is 1. The van der Waals surface area contributed by atoms with Gasteiger partial charge in [0.1, 0.15) is 5.82 Å². The van der Waals surface area contributed by atoms with Crippen LogP contribution in [0.1, 0.15) is 42.6 Å². The van der Waals surface area contributed by atoms with Crippen LogP contribution in [0.15, 0.2) is 47.4 Å². The number of carbonyl (C=O) groups excluding carboxylic acids is 1. The molecule has 0 saturated carbocycles. The third-order valence-corrected chi connectivity index (χ3v) is 7.41. The van der Waals surface area contributed by atoms with Gasteiger partial charge >= 0.3 is 0 Å². The number of benzene rings is 2. The van der Waals surface area contributed by atoms with Crippen LogP contribution in [0.2, 0.25) is 0 Å². The van der Waals surface area contributed by atoms with Crippen LogP contribution in [0.5, 0.6) is 0 Å². The highest BCUT2D eigenvalue weighted by Crippen LogP contribution is 2.25. The second-order valence-electron chi connectivity index (χ2n) is 8.42. The molecule has 1 aromatic heterocycles. The van der Waals surface area contributed by atoms with E-state index in [0.717, 1.165) is 54.1 Å². The molecule has 9 heteroatoms. The predicted molar refractivity (Wildman–Crippen MR) is 127 cm³/mol. The molecule has 4 rings (SSSR count). The van der Waals surface area contributed by atoms with Crippen molar-refractivity contribution in [2.45, 2.75) is 57.4 Å². The maximum Gasteiger partial charge on any atom is 0.240 e. The van der Waals surface area contributed by atoms with Crippen LogP contribution in [-0.4, -0.2) is 35.6 Å². The molecule has 0 fully saturated rings. The SMILES string of the molecule is Cc1ccc(S(=O)(=O)NCCC(=O)Nc2cccc(-c3nnc4n3CCCCC4)c2)cc1C. The number of nitrogens with zero attached hydrogens (tertiary/aromatic N) is 3. The Morgan fingerprint density at radius 3 is 2.70 bits per heavy atom. The van der Waals surface area contributed by atoms with E-state index in [0.29, 0.717) is 5.69 Å². The molecule has 0 bridgehead atoms. The summed E-state index contributed by atoms with van der Waals surface area (Å²) in [5.41, 5.74) is 3.46. The van der Waals surface area contributed by atoms with Gasteiger partial charge in [0.15, 0.2) is 5.82 Å². The van der Waals surface area contributed by atoms with E-state index < -0.39 is 10.0 Å². The number of hydrogen-bond donors (Lipinski definition) is 2. The highest BCUT2D eigenvalue weighted by Gasteiger charge is 2.17. The van der Waals surface area contributed by atoms with Crippen molar-refractivity contribution in [3.05, 3.63) is 59.4 Å². The van der Waals surface area contributed by atoms with E-state index in [2.05, 4.69) is 24.8 Å². The third kappa shape index (κ3) is 5.48. The minimum Gasteiger partial charge on any atom is -0.326 e. The van der Waals surface area contributed by atoms with Crippen molar-refractivity contribution >= 4 is 21.6 Å². The molecule has 0 spiro atoms. The number of aryl methyl sites for hydroxylation is 3. The largest absolute Gasteiger partial charge is 0.326 e. The lowest BCUT2D eigenvalue weighted by atomic mass is 10.1. The van der Waals surface area contributed by atoms with Gasteiger partial charge in [-0.3, -0.25) is 4.79 Å². The maximum atomic E-state index is 12.5. The highest BCUT2D eigenvalue weighted by atomic mass is 32.2. The number of aromatic nitrogens is 3. The van der Waals surface area contributed by atoms with E-state index in [1.807, 2.05) is 32.0 Å². The van der Waals surface area contributed by atoms with Crippen LogP contribution in [0, 0.1) is 13.8 Å². The molecule has 0 atom stereocenters. The molecule has 0 radical (unpaired) electrons. The van der Waals surface area contributed by atoms with E-state index in [1.165, 1.54) is 6.42 Å². The van der Waals surface area contributed by atoms with Gasteiger partial charge in [-0.15, -0.1) is 10.2 Å². The first-order chi connectivity index (χ1) is 15.8. The summed E-state index contributed by atoms with van der Waals surface area (Å²) in [7, 11) is -3.66. The Bertz CT molecular complexity index is 1270. The fourth-order valence-corrected chi connectivity index (χ4v) is 5.04. The Balaban J connectivity index is 1.37. The van der Waals surface area contributed by atoms with Gasteiger partial charge in [0.05, 0.1) is 4.90 Å². The summed E-state index contributed by atoms with van der Waals surface area (Å²) < 4.78 is 29.7. The molecule has 0 saturated heterocycles. The summed E-state index contributed by atoms with van der Waals surface area (Å²) >= 11 is 0. The number of carbonyl (C=O) groups is 1. The first-order valence-corrected chi connectivity index (χ1v) is 12.7. The van der Waals surface area contributed by atoms with Crippen LogP contribution in [-0.2, 0) is 27.8 Å². The second kappa shape index (κ2) is 9.84. The number of anilines is 1. The molecule has 1 aliphatic rings. The van der Waals surface area contributed by atoms with Gasteiger partial charge in [-0.1, -0.05) is 24.6 Å². The van der Waals surface area contributed by atoms with E-state index >= 15 is 0 Å². The van der Waals surface area contributed by atoms with Crippen LogP contribution in [0.25, 0.3) is 11.4 Å². The molecule has 1 amide bonds. The van der Waals surface area contributed by atoms with Crippen LogP contribution in [0.4, 0.5) is 5.69 Å². The van der Waals surface area contributed by atoms with Crippen molar-refractivity contribution < 1.29 is 13.2 Å². The third-order valence-electron chi connectivity index (χ3n) is 5.95. The molecule has 2 N–H and O–H groups in total. The van der Waals surface area contributed by atoms with Crippen molar-refractivity contribution in [3.8, 4) is 11.4 Å². The van der Waals surface area contributed by atoms with Gasteiger partial charge in [0, 0.05) is 37.2 Å². The van der Waals surface area contributed by atoms with Gasteiger partial charge < -0.3 is 9.88 Å². The molecule has 33 heavy (non-hydrogen) atoms. The number of hydrogen-bond acceptors (Lipinski definition) is 5. The van der Waals surface area contributed by atoms with Crippen molar-refractivity contribution in [1.82, 2.24) is 19.5 Å². The van der Waals surface area contributed by atoms with E-state index in [9.17, 15) is 13.2 Å². The van der Waals surface area contributed by atoms with E-state index in [-0.39, 0.29) is 23.8 Å². The molecule has 0 unspecified atom stereocenters. The van der Waals surface area contributed by atoms with Crippen molar-refractivity contribution in [3.63, 3.8) is 0 Å². The Kier molecular flexibility index (Phi) is 6.90. The zero-order chi connectivity index (χ0) is 23.4. The van der Waals surface area contributed by atoms with Crippen LogP contribution >= 0.6 is 0 Å². The Morgan fingerprint density at radius 1 is 1.03 bits per heavy atom. The van der Waals surface area contributed by atoms with Gasteiger partial charge in [0.2, 0.25) is 15.9 Å². The summed E-state index contributed by atoms with van der Waals surface area (Å²) in [4.78, 5) is 12.6. The standard InChI is InChI=1S/C24H29N5O3S/c1-17-10-11-21(15-18(17)2)33(31,32)25-13-12-23(30)26-20-8-6-7-19(16-20)24-28-27-22-9-4-3-5-14-29(22)24/h6-8,10-11,15-16,25H,3-5,9,12-14H2,1-2H3,(H,26,30). The number of nitrogens with one attached hydrogen (secondary N) is 2. The molecule has 174 valence electrons. The van der Waals surface area contributed by atoms with Gasteiger partial charge in [0.25, 0.3) is 0 Å². The van der Waals surface area contributed by atoms with Gasteiger partial charge in [-0.25, -0.2) is 13.1 Å². The minimum atomic E-state index is -3.66. The first kappa shape index (κ1) is 23.1. The molecular weight excluding hydrogens is 438 g/mol. The van der Waals surface area contributed by atoms with Crippen molar-refractivity contribution in [2.75, 3.05) is 11.9 Å². The molecule has 0 aliphatic carbocycles. The lowest BCUT2D eigenvalue weighted by Crippen LogP contribution is -2.28. The average molecular weight is 468 g/mol. The minimum absolute atomic E-state index is 0.0124. The van der Waals surface area contributed by atoms with Crippen LogP contribution in [0.3, 0.4) is 0 Å². The lowest BCUT2D eigenvalue weighted by molar-refractivity contribution is -0.116. The molecular formula is C24H29N5O3S. The highest BCUT2D eigenvalue weighted by molar-refractivity contribution is 7.89. The van der Waals surface area contributed by atoms with Gasteiger partial charge in [-0.2, -0.15) is 0 Å². The fourth-order valence-electron chi connectivity index (χ4n) is 3.92. The number of fused-ring (bicyclic) bond motifs is 1. The monoisotopic (exact) mass is 467 g/mol. The first-order valence-electron chi connectivity index (χ1n) is 11.2. The van der Waals surface area contributed by atoms with Crippen LogP contribution < -0.4 is 10.0 Å². The summed E-state index contributed by atoms with van der Waals surface area (Å²) in [6, 6.07) is 12.5.